The Morgan fingerprint density at radius 1 is 1.30 bits per heavy atom. The Balaban J connectivity index is 2.69. The molecule has 0 saturated carbocycles. The number of anilines is 1. The molecule has 0 aliphatic heterocycles. The highest BCUT2D eigenvalue weighted by Crippen LogP contribution is 2.28. The molecular formula is C11H15Cl2N3O3S. The van der Waals surface area contributed by atoms with E-state index in [9.17, 15) is 13.2 Å². The fourth-order valence-corrected chi connectivity index (χ4v) is 2.51. The van der Waals surface area contributed by atoms with Crippen molar-refractivity contribution in [1.82, 2.24) is 9.62 Å². The maximum atomic E-state index is 11.8. The molecule has 0 heterocycles. The van der Waals surface area contributed by atoms with Crippen LogP contribution in [0.15, 0.2) is 12.1 Å². The smallest absolute Gasteiger partial charge is 0.251 e. The summed E-state index contributed by atoms with van der Waals surface area (Å²) < 4.78 is 24.1. The number of nitrogen functional groups attached to an aromatic ring is 1. The van der Waals surface area contributed by atoms with E-state index in [0.29, 0.717) is 0 Å². The topological polar surface area (TPSA) is 92.5 Å². The highest BCUT2D eigenvalue weighted by Gasteiger charge is 2.15. The molecule has 0 atom stereocenters. The van der Waals surface area contributed by atoms with Crippen molar-refractivity contribution in [2.45, 2.75) is 0 Å². The molecule has 112 valence electrons. The van der Waals surface area contributed by atoms with E-state index in [-0.39, 0.29) is 33.6 Å². The predicted octanol–water partition coefficient (Wildman–Crippen LogP) is 1.20. The van der Waals surface area contributed by atoms with Crippen LogP contribution in [0.1, 0.15) is 10.4 Å². The van der Waals surface area contributed by atoms with Gasteiger partial charge in [-0.1, -0.05) is 23.2 Å². The maximum Gasteiger partial charge on any atom is 0.251 e. The lowest BCUT2D eigenvalue weighted by Crippen LogP contribution is -2.33. The number of benzene rings is 1. The van der Waals surface area contributed by atoms with Crippen LogP contribution >= 0.6 is 23.2 Å². The SMILES string of the molecule is CN(C)S(=O)(=O)CCNC(=O)c1cc(Cl)c(N)c(Cl)c1. The quantitative estimate of drug-likeness (QED) is 0.788. The number of sulfonamides is 1. The van der Waals surface area contributed by atoms with Crippen LogP contribution in [-0.2, 0) is 10.0 Å². The second kappa shape index (κ2) is 6.62. The van der Waals surface area contributed by atoms with Crippen LogP contribution < -0.4 is 11.1 Å². The fourth-order valence-electron chi connectivity index (χ4n) is 1.29. The van der Waals surface area contributed by atoms with Crippen LogP contribution in [-0.4, -0.2) is 45.0 Å². The number of carbonyl (C=O) groups excluding carboxylic acids is 1. The molecule has 6 nitrogen and oxygen atoms in total. The predicted molar refractivity (Wildman–Crippen MR) is 80.7 cm³/mol. The van der Waals surface area contributed by atoms with Crippen molar-refractivity contribution in [3.05, 3.63) is 27.7 Å². The molecule has 0 fully saturated rings. The Morgan fingerprint density at radius 2 is 1.80 bits per heavy atom. The molecule has 20 heavy (non-hydrogen) atoms. The van der Waals surface area contributed by atoms with Gasteiger partial charge in [-0.25, -0.2) is 12.7 Å². The first-order chi connectivity index (χ1) is 9.15. The summed E-state index contributed by atoms with van der Waals surface area (Å²) in [5.41, 5.74) is 5.97. The van der Waals surface area contributed by atoms with Gasteiger partial charge in [0, 0.05) is 26.2 Å². The minimum atomic E-state index is -3.35. The van der Waals surface area contributed by atoms with Gasteiger partial charge in [0.2, 0.25) is 10.0 Å². The summed E-state index contributed by atoms with van der Waals surface area (Å²) in [6.07, 6.45) is 0. The number of nitrogens with one attached hydrogen (secondary N) is 1. The van der Waals surface area contributed by atoms with Crippen molar-refractivity contribution in [3.8, 4) is 0 Å². The van der Waals surface area contributed by atoms with E-state index in [1.54, 1.807) is 0 Å². The van der Waals surface area contributed by atoms with E-state index in [4.69, 9.17) is 28.9 Å². The van der Waals surface area contributed by atoms with Gasteiger partial charge >= 0.3 is 0 Å². The summed E-state index contributed by atoms with van der Waals surface area (Å²) in [4.78, 5) is 11.8. The maximum absolute atomic E-state index is 11.8. The Labute approximate surface area is 127 Å². The van der Waals surface area contributed by atoms with Crippen LogP contribution in [0.25, 0.3) is 0 Å². The van der Waals surface area contributed by atoms with Gasteiger partial charge in [0.1, 0.15) is 0 Å². The van der Waals surface area contributed by atoms with Crippen molar-refractivity contribution in [1.29, 1.82) is 0 Å². The summed E-state index contributed by atoms with van der Waals surface area (Å²) in [7, 11) is -0.498. The fraction of sp³-hybridized carbons (Fsp3) is 0.364. The lowest BCUT2D eigenvalue weighted by Gasteiger charge is -2.12. The molecule has 0 unspecified atom stereocenters. The van der Waals surface area contributed by atoms with Crippen molar-refractivity contribution in [2.75, 3.05) is 32.1 Å². The van der Waals surface area contributed by atoms with Gasteiger partial charge in [-0.05, 0) is 12.1 Å². The zero-order chi connectivity index (χ0) is 15.5. The molecule has 0 aliphatic rings. The molecule has 0 aliphatic carbocycles. The second-order valence-electron chi connectivity index (χ2n) is 4.21. The van der Waals surface area contributed by atoms with Crippen LogP contribution in [0.2, 0.25) is 10.0 Å². The second-order valence-corrected chi connectivity index (χ2v) is 7.32. The van der Waals surface area contributed by atoms with Gasteiger partial charge < -0.3 is 11.1 Å². The monoisotopic (exact) mass is 339 g/mol. The number of nitrogens with zero attached hydrogens (tertiary/aromatic N) is 1. The van der Waals surface area contributed by atoms with Crippen LogP contribution in [0.4, 0.5) is 5.69 Å². The summed E-state index contributed by atoms with van der Waals surface area (Å²) in [6, 6.07) is 2.75. The lowest BCUT2D eigenvalue weighted by atomic mass is 10.2. The van der Waals surface area contributed by atoms with Crippen molar-refractivity contribution in [2.24, 2.45) is 0 Å². The Kier molecular flexibility index (Phi) is 5.64. The van der Waals surface area contributed by atoms with Gasteiger partial charge in [0.15, 0.2) is 0 Å². The molecule has 1 aromatic rings. The molecule has 1 rings (SSSR count). The molecular weight excluding hydrogens is 325 g/mol. The first kappa shape index (κ1) is 17.0. The third kappa shape index (κ3) is 4.24. The molecule has 0 aromatic heterocycles. The minimum Gasteiger partial charge on any atom is -0.396 e. The molecule has 9 heteroatoms. The number of amides is 1. The first-order valence-corrected chi connectivity index (χ1v) is 7.94. The third-order valence-electron chi connectivity index (χ3n) is 2.54. The van der Waals surface area contributed by atoms with Crippen molar-refractivity contribution < 1.29 is 13.2 Å². The largest absolute Gasteiger partial charge is 0.396 e. The number of hydrogen-bond acceptors (Lipinski definition) is 4. The van der Waals surface area contributed by atoms with Gasteiger partial charge in [0.05, 0.1) is 21.5 Å². The number of carbonyl (C=O) groups is 1. The summed E-state index contributed by atoms with van der Waals surface area (Å²) in [6.45, 7) is -0.0149. The normalized spacial score (nSPS) is 11.7. The van der Waals surface area contributed by atoms with E-state index in [0.717, 1.165) is 4.31 Å². The minimum absolute atomic E-state index is 0.0149. The average Bonchev–Trinajstić information content (AvgIpc) is 2.34. The standard InChI is InChI=1S/C11H15Cl2N3O3S/c1-16(2)20(18,19)4-3-15-11(17)7-5-8(12)10(14)9(13)6-7/h5-6H,3-4,14H2,1-2H3,(H,15,17). The molecule has 1 amide bonds. The molecule has 3 N–H and O–H groups in total. The zero-order valence-electron chi connectivity index (χ0n) is 11.0. The number of nitrogens with two attached hydrogens (primary N) is 1. The van der Waals surface area contributed by atoms with Crippen LogP contribution in [0.3, 0.4) is 0 Å². The van der Waals surface area contributed by atoms with Crippen molar-refractivity contribution in [3.63, 3.8) is 0 Å². The number of rotatable bonds is 5. The first-order valence-electron chi connectivity index (χ1n) is 5.58. The molecule has 0 radical (unpaired) electrons. The van der Waals surface area contributed by atoms with Gasteiger partial charge in [-0.3, -0.25) is 4.79 Å². The Hall–Kier alpha value is -1.02. The summed E-state index contributed by atoms with van der Waals surface area (Å²) >= 11 is 11.6. The van der Waals surface area contributed by atoms with E-state index in [2.05, 4.69) is 5.32 Å². The van der Waals surface area contributed by atoms with Crippen LogP contribution in [0.5, 0.6) is 0 Å². The van der Waals surface area contributed by atoms with Gasteiger partial charge in [-0.15, -0.1) is 0 Å². The Morgan fingerprint density at radius 3 is 2.25 bits per heavy atom. The molecule has 0 bridgehead atoms. The van der Waals surface area contributed by atoms with Gasteiger partial charge in [0.25, 0.3) is 5.91 Å². The van der Waals surface area contributed by atoms with Gasteiger partial charge in [-0.2, -0.15) is 0 Å². The molecule has 1 aromatic carbocycles. The molecule has 0 saturated heterocycles. The third-order valence-corrected chi connectivity index (χ3v) is 5.00. The highest BCUT2D eigenvalue weighted by atomic mass is 35.5. The summed E-state index contributed by atoms with van der Waals surface area (Å²) in [5.74, 6) is -0.662. The van der Waals surface area contributed by atoms with E-state index >= 15 is 0 Å². The lowest BCUT2D eigenvalue weighted by molar-refractivity contribution is 0.0956. The number of halogens is 2. The zero-order valence-corrected chi connectivity index (χ0v) is 13.3. The van der Waals surface area contributed by atoms with E-state index in [1.807, 2.05) is 0 Å². The van der Waals surface area contributed by atoms with Crippen LogP contribution in [0, 0.1) is 0 Å². The average molecular weight is 340 g/mol. The molecule has 0 spiro atoms. The summed E-state index contributed by atoms with van der Waals surface area (Å²) in [5, 5.41) is 2.82. The van der Waals surface area contributed by atoms with E-state index in [1.165, 1.54) is 26.2 Å². The highest BCUT2D eigenvalue weighted by molar-refractivity contribution is 7.89. The number of hydrogen-bond donors (Lipinski definition) is 2. The Bertz CT molecular complexity index is 594. The van der Waals surface area contributed by atoms with Crippen molar-refractivity contribution >= 4 is 44.8 Å². The van der Waals surface area contributed by atoms with E-state index < -0.39 is 15.9 Å².